The first-order valence-electron chi connectivity index (χ1n) is 5.32. The maximum absolute atomic E-state index is 13.3. The van der Waals surface area contributed by atoms with Crippen LogP contribution in [0.2, 0.25) is 0 Å². The zero-order valence-corrected chi connectivity index (χ0v) is 11.2. The number of halogens is 2. The van der Waals surface area contributed by atoms with E-state index >= 15 is 0 Å². The van der Waals surface area contributed by atoms with Gasteiger partial charge in [-0.1, -0.05) is 0 Å². The Morgan fingerprint density at radius 2 is 2.00 bits per heavy atom. The highest BCUT2D eigenvalue weighted by Crippen LogP contribution is 2.24. The topological polar surface area (TPSA) is 75.3 Å². The number of hydrogen-bond acceptors (Lipinski definition) is 3. The third kappa shape index (κ3) is 3.03. The van der Waals surface area contributed by atoms with Crippen LogP contribution in [-0.4, -0.2) is 11.0 Å². The lowest BCUT2D eigenvalue weighted by molar-refractivity contribution is 0.102. The number of phenolic OH excluding ortho intramolecular Hbond substituents is 1. The third-order valence-corrected chi connectivity index (χ3v) is 3.11. The molecule has 6 heteroatoms. The first kappa shape index (κ1) is 13.4. The van der Waals surface area contributed by atoms with Gasteiger partial charge in [-0.25, -0.2) is 4.39 Å². The van der Waals surface area contributed by atoms with E-state index in [4.69, 9.17) is 5.73 Å². The zero-order valence-electron chi connectivity index (χ0n) is 9.65. The van der Waals surface area contributed by atoms with Gasteiger partial charge in [0.25, 0.3) is 5.91 Å². The van der Waals surface area contributed by atoms with Gasteiger partial charge in [0.2, 0.25) is 0 Å². The summed E-state index contributed by atoms with van der Waals surface area (Å²) in [5, 5.41) is 11.8. The van der Waals surface area contributed by atoms with E-state index in [0.29, 0.717) is 5.69 Å². The highest BCUT2D eigenvalue weighted by molar-refractivity contribution is 9.10. The molecule has 0 bridgehead atoms. The fourth-order valence-electron chi connectivity index (χ4n) is 1.50. The van der Waals surface area contributed by atoms with Crippen molar-refractivity contribution in [2.45, 2.75) is 0 Å². The number of carbonyl (C=O) groups excluding carboxylic acids is 1. The normalized spacial score (nSPS) is 10.2. The highest BCUT2D eigenvalue weighted by atomic mass is 79.9. The molecule has 0 aliphatic heterocycles. The van der Waals surface area contributed by atoms with Crippen molar-refractivity contribution < 1.29 is 14.3 Å². The smallest absolute Gasteiger partial charge is 0.255 e. The number of hydrogen-bond donors (Lipinski definition) is 3. The number of nitrogen functional groups attached to an aromatic ring is 1. The summed E-state index contributed by atoms with van der Waals surface area (Å²) in [6, 6.07) is 8.24. The summed E-state index contributed by atoms with van der Waals surface area (Å²) >= 11 is 3.01. The standard InChI is InChI=1S/C13H10BrFN2O2/c14-9-3-1-7(5-10(9)15)13(19)17-12-4-2-8(18)6-11(12)16/h1-6,18H,16H2,(H,17,19). The Hall–Kier alpha value is -2.08. The first-order valence-corrected chi connectivity index (χ1v) is 6.11. The number of phenols is 1. The molecule has 0 radical (unpaired) electrons. The van der Waals surface area contributed by atoms with Gasteiger partial charge in [0.05, 0.1) is 15.8 Å². The summed E-state index contributed by atoms with van der Waals surface area (Å²) in [5.41, 5.74) is 6.40. The third-order valence-electron chi connectivity index (χ3n) is 2.47. The Bertz CT molecular complexity index is 647. The monoisotopic (exact) mass is 324 g/mol. The van der Waals surface area contributed by atoms with Crippen molar-refractivity contribution in [3.05, 3.63) is 52.3 Å². The molecule has 0 unspecified atom stereocenters. The van der Waals surface area contributed by atoms with E-state index < -0.39 is 11.7 Å². The molecule has 0 fully saturated rings. The van der Waals surface area contributed by atoms with Gasteiger partial charge in [-0.05, 0) is 46.3 Å². The van der Waals surface area contributed by atoms with E-state index in [1.54, 1.807) is 0 Å². The zero-order chi connectivity index (χ0) is 14.0. The molecule has 0 spiro atoms. The van der Waals surface area contributed by atoms with Crippen LogP contribution in [0.5, 0.6) is 5.75 Å². The largest absolute Gasteiger partial charge is 0.508 e. The van der Waals surface area contributed by atoms with Crippen LogP contribution in [0.4, 0.5) is 15.8 Å². The molecule has 4 N–H and O–H groups in total. The number of rotatable bonds is 2. The van der Waals surface area contributed by atoms with Gasteiger partial charge >= 0.3 is 0 Å². The lowest BCUT2D eigenvalue weighted by Crippen LogP contribution is -2.13. The average Bonchev–Trinajstić information content (AvgIpc) is 2.36. The number of aromatic hydroxyl groups is 1. The predicted molar refractivity (Wildman–Crippen MR) is 74.6 cm³/mol. The molecular formula is C13H10BrFN2O2. The molecule has 2 aromatic carbocycles. The Balaban J connectivity index is 2.23. The molecule has 2 rings (SSSR count). The van der Waals surface area contributed by atoms with Gasteiger partial charge in [-0.3, -0.25) is 4.79 Å². The molecule has 19 heavy (non-hydrogen) atoms. The molecule has 0 heterocycles. The molecule has 0 saturated heterocycles. The molecule has 98 valence electrons. The van der Waals surface area contributed by atoms with E-state index in [-0.39, 0.29) is 21.5 Å². The number of carbonyl (C=O) groups is 1. The molecule has 2 aromatic rings. The molecule has 0 aliphatic rings. The number of nitrogens with one attached hydrogen (secondary N) is 1. The number of nitrogens with two attached hydrogens (primary N) is 1. The van der Waals surface area contributed by atoms with Crippen LogP contribution in [-0.2, 0) is 0 Å². The van der Waals surface area contributed by atoms with Gasteiger partial charge in [-0.15, -0.1) is 0 Å². The SMILES string of the molecule is Nc1cc(O)ccc1NC(=O)c1ccc(Br)c(F)c1. The van der Waals surface area contributed by atoms with E-state index in [2.05, 4.69) is 21.2 Å². The maximum atomic E-state index is 13.3. The van der Waals surface area contributed by atoms with Crippen LogP contribution in [0.1, 0.15) is 10.4 Å². The van der Waals surface area contributed by atoms with Crippen molar-refractivity contribution in [1.29, 1.82) is 0 Å². The molecule has 0 aliphatic carbocycles. The number of anilines is 2. The Kier molecular flexibility index (Phi) is 3.71. The summed E-state index contributed by atoms with van der Waals surface area (Å²) in [5.74, 6) is -1.000. The lowest BCUT2D eigenvalue weighted by Gasteiger charge is -2.08. The van der Waals surface area contributed by atoms with Gasteiger partial charge in [-0.2, -0.15) is 0 Å². The van der Waals surface area contributed by atoms with Crippen LogP contribution in [0, 0.1) is 5.82 Å². The first-order chi connectivity index (χ1) is 8.97. The molecule has 4 nitrogen and oxygen atoms in total. The van der Waals surface area contributed by atoms with Crippen molar-refractivity contribution in [2.24, 2.45) is 0 Å². The number of amides is 1. The van der Waals surface area contributed by atoms with Gasteiger partial charge in [0.15, 0.2) is 0 Å². The maximum Gasteiger partial charge on any atom is 0.255 e. The van der Waals surface area contributed by atoms with Crippen molar-refractivity contribution in [3.63, 3.8) is 0 Å². The minimum absolute atomic E-state index is 0.00480. The van der Waals surface area contributed by atoms with Gasteiger partial charge < -0.3 is 16.2 Å². The lowest BCUT2D eigenvalue weighted by atomic mass is 10.2. The fourth-order valence-corrected chi connectivity index (χ4v) is 1.74. The quantitative estimate of drug-likeness (QED) is 0.586. The molecule has 0 aromatic heterocycles. The minimum Gasteiger partial charge on any atom is -0.508 e. The molecular weight excluding hydrogens is 315 g/mol. The molecule has 0 saturated carbocycles. The van der Waals surface area contributed by atoms with E-state index in [1.165, 1.54) is 30.3 Å². The van der Waals surface area contributed by atoms with E-state index in [1.807, 2.05) is 0 Å². The van der Waals surface area contributed by atoms with Crippen LogP contribution in [0.3, 0.4) is 0 Å². The van der Waals surface area contributed by atoms with Crippen molar-refractivity contribution in [2.75, 3.05) is 11.1 Å². The Labute approximate surface area is 117 Å². The summed E-state index contributed by atoms with van der Waals surface area (Å²) in [6.07, 6.45) is 0. The Morgan fingerprint density at radius 3 is 2.63 bits per heavy atom. The van der Waals surface area contributed by atoms with Gasteiger partial charge in [0.1, 0.15) is 11.6 Å². The minimum atomic E-state index is -0.522. The summed E-state index contributed by atoms with van der Waals surface area (Å²) in [7, 11) is 0. The van der Waals surface area contributed by atoms with Crippen LogP contribution in [0.15, 0.2) is 40.9 Å². The van der Waals surface area contributed by atoms with E-state index in [0.717, 1.165) is 6.07 Å². The Morgan fingerprint density at radius 1 is 1.26 bits per heavy atom. The summed E-state index contributed by atoms with van der Waals surface area (Å²) in [6.45, 7) is 0. The summed E-state index contributed by atoms with van der Waals surface area (Å²) in [4.78, 5) is 11.9. The average molecular weight is 325 g/mol. The van der Waals surface area contributed by atoms with Crippen molar-refractivity contribution >= 4 is 33.2 Å². The molecule has 1 amide bonds. The molecule has 0 atom stereocenters. The van der Waals surface area contributed by atoms with Crippen LogP contribution < -0.4 is 11.1 Å². The second-order valence-corrected chi connectivity index (χ2v) is 4.71. The van der Waals surface area contributed by atoms with Crippen molar-refractivity contribution in [1.82, 2.24) is 0 Å². The predicted octanol–water partition coefficient (Wildman–Crippen LogP) is 3.13. The van der Waals surface area contributed by atoms with Crippen LogP contribution >= 0.6 is 15.9 Å². The van der Waals surface area contributed by atoms with Gasteiger partial charge in [0, 0.05) is 11.6 Å². The number of benzene rings is 2. The van der Waals surface area contributed by atoms with E-state index in [9.17, 15) is 14.3 Å². The summed E-state index contributed by atoms with van der Waals surface area (Å²) < 4.78 is 13.6. The van der Waals surface area contributed by atoms with Crippen LogP contribution in [0.25, 0.3) is 0 Å². The highest BCUT2D eigenvalue weighted by Gasteiger charge is 2.10. The second-order valence-electron chi connectivity index (χ2n) is 3.85. The second kappa shape index (κ2) is 5.27. The van der Waals surface area contributed by atoms with Crippen molar-refractivity contribution in [3.8, 4) is 5.75 Å². The fraction of sp³-hybridized carbons (Fsp3) is 0.